The molecule has 0 atom stereocenters. The van der Waals surface area contributed by atoms with Crippen LogP contribution in [0.1, 0.15) is 16.9 Å². The second-order valence-electron chi connectivity index (χ2n) is 7.59. The van der Waals surface area contributed by atoms with Gasteiger partial charge in [-0.3, -0.25) is 9.69 Å². The van der Waals surface area contributed by atoms with Gasteiger partial charge in [0.2, 0.25) is 10.0 Å². The number of carbonyl (C=O) groups is 1. The summed E-state index contributed by atoms with van der Waals surface area (Å²) in [6.45, 7) is 4.42. The van der Waals surface area contributed by atoms with Crippen molar-refractivity contribution in [2.24, 2.45) is 0 Å². The van der Waals surface area contributed by atoms with Gasteiger partial charge in [0.25, 0.3) is 5.91 Å². The number of amides is 1. The van der Waals surface area contributed by atoms with Gasteiger partial charge in [0, 0.05) is 36.3 Å². The van der Waals surface area contributed by atoms with E-state index >= 15 is 0 Å². The Bertz CT molecular complexity index is 1160. The number of ether oxygens (including phenoxy) is 1. The molecule has 1 fully saturated rings. The molecule has 4 rings (SSSR count). The van der Waals surface area contributed by atoms with Gasteiger partial charge in [-0.05, 0) is 37.2 Å². The van der Waals surface area contributed by atoms with Gasteiger partial charge in [-0.1, -0.05) is 30.3 Å². The Morgan fingerprint density at radius 1 is 1.06 bits per heavy atom. The highest BCUT2D eigenvalue weighted by Crippen LogP contribution is 2.24. The van der Waals surface area contributed by atoms with Crippen LogP contribution in [-0.2, 0) is 14.8 Å². The number of morpholine rings is 1. The van der Waals surface area contributed by atoms with E-state index in [9.17, 15) is 13.2 Å². The fourth-order valence-corrected chi connectivity index (χ4v) is 5.30. The molecule has 1 aromatic heterocycles. The van der Waals surface area contributed by atoms with Gasteiger partial charge in [0.05, 0.1) is 18.1 Å². The van der Waals surface area contributed by atoms with E-state index < -0.39 is 10.0 Å². The van der Waals surface area contributed by atoms with Crippen LogP contribution in [0.3, 0.4) is 0 Å². The fraction of sp³-hybridized carbons (Fsp3) is 0.304. The summed E-state index contributed by atoms with van der Waals surface area (Å²) >= 11 is 1.40. The molecule has 0 spiro atoms. The number of rotatable bonds is 9. The van der Waals surface area contributed by atoms with Gasteiger partial charge in [0.1, 0.15) is 10.7 Å². The number of nitrogens with zero attached hydrogens (tertiary/aromatic N) is 2. The zero-order chi connectivity index (χ0) is 23.1. The first-order valence-electron chi connectivity index (χ1n) is 10.7. The Labute approximate surface area is 197 Å². The minimum absolute atomic E-state index is 0.159. The molecule has 1 saturated heterocycles. The molecule has 33 heavy (non-hydrogen) atoms. The van der Waals surface area contributed by atoms with E-state index in [1.54, 1.807) is 17.5 Å². The molecular weight excluding hydrogens is 460 g/mol. The van der Waals surface area contributed by atoms with Crippen LogP contribution < -0.4 is 10.0 Å². The number of benzene rings is 2. The van der Waals surface area contributed by atoms with Crippen molar-refractivity contribution in [3.8, 4) is 10.6 Å². The van der Waals surface area contributed by atoms with Crippen molar-refractivity contribution in [1.29, 1.82) is 0 Å². The molecule has 1 aliphatic heterocycles. The molecule has 3 aromatic rings. The Morgan fingerprint density at radius 2 is 1.79 bits per heavy atom. The van der Waals surface area contributed by atoms with Crippen LogP contribution in [0.5, 0.6) is 0 Å². The summed E-state index contributed by atoms with van der Waals surface area (Å²) in [7, 11) is -3.60. The fourth-order valence-electron chi connectivity index (χ4n) is 3.42. The number of hydrogen-bond donors (Lipinski definition) is 2. The summed E-state index contributed by atoms with van der Waals surface area (Å²) in [6.07, 6.45) is 0.728. The third-order valence-electron chi connectivity index (χ3n) is 5.23. The highest BCUT2D eigenvalue weighted by molar-refractivity contribution is 7.89. The first-order valence-corrected chi connectivity index (χ1v) is 13.1. The van der Waals surface area contributed by atoms with Crippen molar-refractivity contribution in [3.63, 3.8) is 0 Å². The van der Waals surface area contributed by atoms with Crippen molar-refractivity contribution in [2.75, 3.05) is 44.7 Å². The molecule has 0 bridgehead atoms. The van der Waals surface area contributed by atoms with Crippen molar-refractivity contribution in [1.82, 2.24) is 14.6 Å². The first kappa shape index (κ1) is 23.5. The van der Waals surface area contributed by atoms with Crippen molar-refractivity contribution >= 4 is 33.0 Å². The van der Waals surface area contributed by atoms with Crippen LogP contribution >= 0.6 is 11.3 Å². The van der Waals surface area contributed by atoms with E-state index in [1.165, 1.54) is 23.5 Å². The van der Waals surface area contributed by atoms with Crippen molar-refractivity contribution in [2.45, 2.75) is 11.3 Å². The molecule has 2 aromatic carbocycles. The Hall–Kier alpha value is -2.63. The van der Waals surface area contributed by atoms with Gasteiger partial charge < -0.3 is 10.1 Å². The Balaban J connectivity index is 1.29. The van der Waals surface area contributed by atoms with E-state index in [1.807, 2.05) is 30.3 Å². The topological polar surface area (TPSA) is 101 Å². The standard InChI is InChI=1S/C23H26N4O4S2/c28-22(21-17-32-23(26-21)18-5-2-1-3-6-18)25-19-7-9-20(10-8-19)33(29,30)24-11-4-12-27-13-15-31-16-14-27/h1-3,5-10,17,24H,4,11-16H2,(H,25,28). The molecule has 0 saturated carbocycles. The highest BCUT2D eigenvalue weighted by atomic mass is 32.2. The number of nitrogens with one attached hydrogen (secondary N) is 2. The molecule has 10 heteroatoms. The average molecular weight is 487 g/mol. The molecule has 2 heterocycles. The second-order valence-corrected chi connectivity index (χ2v) is 10.2. The van der Waals surface area contributed by atoms with Crippen LogP contribution in [0, 0.1) is 0 Å². The van der Waals surface area contributed by atoms with Crippen LogP contribution in [0.2, 0.25) is 0 Å². The summed E-state index contributed by atoms with van der Waals surface area (Å²) in [5.41, 5.74) is 1.77. The molecule has 1 aliphatic rings. The van der Waals surface area contributed by atoms with Gasteiger partial charge >= 0.3 is 0 Å². The SMILES string of the molecule is O=C(Nc1ccc(S(=O)(=O)NCCCN2CCOCC2)cc1)c1csc(-c2ccccc2)n1. The number of thiazole rings is 1. The van der Waals surface area contributed by atoms with Gasteiger partial charge in [-0.2, -0.15) is 0 Å². The third-order valence-corrected chi connectivity index (χ3v) is 7.60. The largest absolute Gasteiger partial charge is 0.379 e. The Morgan fingerprint density at radius 3 is 2.52 bits per heavy atom. The predicted molar refractivity (Wildman–Crippen MR) is 129 cm³/mol. The lowest BCUT2D eigenvalue weighted by atomic mass is 10.2. The number of sulfonamides is 1. The molecule has 2 N–H and O–H groups in total. The number of carbonyl (C=O) groups excluding carboxylic acids is 1. The van der Waals surface area contributed by atoms with Gasteiger partial charge in [0.15, 0.2) is 0 Å². The summed E-state index contributed by atoms with van der Waals surface area (Å²) in [5.74, 6) is -0.342. The molecule has 1 amide bonds. The zero-order valence-corrected chi connectivity index (χ0v) is 19.7. The summed E-state index contributed by atoms with van der Waals surface area (Å²) in [4.78, 5) is 19.4. The first-order chi connectivity index (χ1) is 16.0. The van der Waals surface area contributed by atoms with E-state index in [0.29, 0.717) is 17.9 Å². The van der Waals surface area contributed by atoms with Crippen molar-refractivity contribution in [3.05, 3.63) is 65.7 Å². The second kappa shape index (κ2) is 11.0. The lowest BCUT2D eigenvalue weighted by Crippen LogP contribution is -2.38. The quantitative estimate of drug-likeness (QED) is 0.451. The van der Waals surface area contributed by atoms with E-state index in [-0.39, 0.29) is 10.8 Å². The highest BCUT2D eigenvalue weighted by Gasteiger charge is 2.16. The molecule has 8 nitrogen and oxygen atoms in total. The normalized spacial score (nSPS) is 14.8. The molecule has 0 unspecified atom stereocenters. The molecule has 174 valence electrons. The monoisotopic (exact) mass is 486 g/mol. The van der Waals surface area contributed by atoms with E-state index in [0.717, 1.165) is 49.8 Å². The minimum atomic E-state index is -3.60. The molecule has 0 radical (unpaired) electrons. The van der Waals surface area contributed by atoms with Crippen LogP contribution in [-0.4, -0.2) is 63.6 Å². The van der Waals surface area contributed by atoms with Crippen LogP contribution in [0.15, 0.2) is 64.9 Å². The summed E-state index contributed by atoms with van der Waals surface area (Å²) < 4.78 is 33.0. The lowest BCUT2D eigenvalue weighted by Gasteiger charge is -2.26. The van der Waals surface area contributed by atoms with Crippen molar-refractivity contribution < 1.29 is 17.9 Å². The Kier molecular flexibility index (Phi) is 7.84. The number of aromatic nitrogens is 1. The summed E-state index contributed by atoms with van der Waals surface area (Å²) in [5, 5.41) is 5.24. The maximum absolute atomic E-state index is 12.5. The van der Waals surface area contributed by atoms with E-state index in [4.69, 9.17) is 4.74 Å². The zero-order valence-electron chi connectivity index (χ0n) is 18.1. The maximum Gasteiger partial charge on any atom is 0.275 e. The number of anilines is 1. The lowest BCUT2D eigenvalue weighted by molar-refractivity contribution is 0.0376. The minimum Gasteiger partial charge on any atom is -0.379 e. The predicted octanol–water partition coefficient (Wildman–Crippen LogP) is 3.06. The van der Waals surface area contributed by atoms with Crippen LogP contribution in [0.4, 0.5) is 5.69 Å². The van der Waals surface area contributed by atoms with E-state index in [2.05, 4.69) is 19.9 Å². The molecular formula is C23H26N4O4S2. The number of hydrogen-bond acceptors (Lipinski definition) is 7. The smallest absolute Gasteiger partial charge is 0.275 e. The van der Waals surface area contributed by atoms with Gasteiger partial charge in [-0.15, -0.1) is 11.3 Å². The summed E-state index contributed by atoms with van der Waals surface area (Å²) in [6, 6.07) is 15.8. The average Bonchev–Trinajstić information content (AvgIpc) is 3.34. The maximum atomic E-state index is 12.5. The van der Waals surface area contributed by atoms with Crippen LogP contribution in [0.25, 0.3) is 10.6 Å². The molecule has 0 aliphatic carbocycles. The van der Waals surface area contributed by atoms with Gasteiger partial charge in [-0.25, -0.2) is 18.1 Å². The third kappa shape index (κ3) is 6.46.